The van der Waals surface area contributed by atoms with Crippen molar-refractivity contribution in [2.45, 2.75) is 37.5 Å². The zero-order valence-corrected chi connectivity index (χ0v) is 18.1. The molecule has 1 aliphatic rings. The van der Waals surface area contributed by atoms with Crippen molar-refractivity contribution in [2.24, 2.45) is 0 Å². The fraction of sp³-hybridized carbons (Fsp3) is 0.435. The number of alkyl halides is 3. The van der Waals surface area contributed by atoms with Crippen molar-refractivity contribution in [3.63, 3.8) is 0 Å². The zero-order chi connectivity index (χ0) is 23.5. The Hall–Kier alpha value is -2.94. The first kappa shape index (κ1) is 23.7. The van der Waals surface area contributed by atoms with Crippen molar-refractivity contribution in [1.82, 2.24) is 4.90 Å². The molecule has 1 heterocycles. The summed E-state index contributed by atoms with van der Waals surface area (Å²) in [6.45, 7) is 0.472. The van der Waals surface area contributed by atoms with Crippen LogP contribution in [-0.4, -0.2) is 49.9 Å². The molecule has 2 aromatic rings. The minimum Gasteiger partial charge on any atom is -0.496 e. The van der Waals surface area contributed by atoms with Crippen LogP contribution in [0.25, 0.3) is 0 Å². The van der Waals surface area contributed by atoms with Crippen LogP contribution in [0.5, 0.6) is 17.2 Å². The van der Waals surface area contributed by atoms with E-state index in [1.165, 1.54) is 33.5 Å². The molecule has 3 rings (SSSR count). The van der Waals surface area contributed by atoms with Crippen LogP contribution in [0.15, 0.2) is 36.4 Å². The Morgan fingerprint density at radius 3 is 2.12 bits per heavy atom. The standard InChI is InChI=1S/C23H26F3NO5/c1-30-18-13-20(32-3)19(31-2)12-16(18)21(27-11-5-4-6-17(27)22(28)29)14-7-9-15(10-8-14)23(24,25)26/h7-10,12-13,17,21H,4-6,11H2,1-3H3,(H,28,29). The number of carbonyl (C=O) groups is 1. The third-order valence-electron chi connectivity index (χ3n) is 5.75. The van der Waals surface area contributed by atoms with Gasteiger partial charge in [0.1, 0.15) is 11.8 Å². The van der Waals surface area contributed by atoms with E-state index in [-0.39, 0.29) is 0 Å². The summed E-state index contributed by atoms with van der Waals surface area (Å²) >= 11 is 0. The van der Waals surface area contributed by atoms with Gasteiger partial charge >= 0.3 is 12.1 Å². The number of rotatable bonds is 7. The number of carboxylic acid groups (broad SMARTS) is 1. The lowest BCUT2D eigenvalue weighted by molar-refractivity contribution is -0.145. The lowest BCUT2D eigenvalue weighted by atomic mass is 9.90. The minimum atomic E-state index is -4.47. The van der Waals surface area contributed by atoms with E-state index in [4.69, 9.17) is 14.2 Å². The van der Waals surface area contributed by atoms with Crippen molar-refractivity contribution in [2.75, 3.05) is 27.9 Å². The molecular formula is C23H26F3NO5. The van der Waals surface area contributed by atoms with Gasteiger partial charge in [-0.1, -0.05) is 18.6 Å². The van der Waals surface area contributed by atoms with Gasteiger partial charge in [0.25, 0.3) is 0 Å². The molecule has 9 heteroatoms. The van der Waals surface area contributed by atoms with Gasteiger partial charge in [-0.2, -0.15) is 13.2 Å². The van der Waals surface area contributed by atoms with E-state index in [1.807, 2.05) is 0 Å². The van der Waals surface area contributed by atoms with Crippen molar-refractivity contribution >= 4 is 5.97 Å². The number of aliphatic carboxylic acids is 1. The fourth-order valence-corrected chi connectivity index (χ4v) is 4.20. The molecule has 174 valence electrons. The topological polar surface area (TPSA) is 68.2 Å². The van der Waals surface area contributed by atoms with E-state index in [9.17, 15) is 23.1 Å². The average molecular weight is 453 g/mol. The van der Waals surface area contributed by atoms with Gasteiger partial charge in [-0.25, -0.2) is 0 Å². The second-order valence-corrected chi connectivity index (χ2v) is 7.56. The number of ether oxygens (including phenoxy) is 3. The molecule has 0 saturated carbocycles. The molecule has 0 spiro atoms. The first-order valence-corrected chi connectivity index (χ1v) is 10.2. The first-order chi connectivity index (χ1) is 15.2. The molecule has 1 aliphatic heterocycles. The maximum Gasteiger partial charge on any atom is 0.416 e. The molecule has 32 heavy (non-hydrogen) atoms. The Bertz CT molecular complexity index is 946. The number of methoxy groups -OCH3 is 3. The lowest BCUT2D eigenvalue weighted by Gasteiger charge is -2.40. The van der Waals surface area contributed by atoms with Crippen molar-refractivity contribution in [1.29, 1.82) is 0 Å². The van der Waals surface area contributed by atoms with Gasteiger partial charge in [-0.05, 0) is 43.1 Å². The molecule has 0 bridgehead atoms. The monoisotopic (exact) mass is 453 g/mol. The summed E-state index contributed by atoms with van der Waals surface area (Å²) in [5.41, 5.74) is 0.336. The summed E-state index contributed by atoms with van der Waals surface area (Å²) in [6.07, 6.45) is -2.49. The maximum absolute atomic E-state index is 13.1. The normalized spacial score (nSPS) is 18.1. The number of likely N-dealkylation sites (tertiary alicyclic amines) is 1. The quantitative estimate of drug-likeness (QED) is 0.652. The van der Waals surface area contributed by atoms with Crippen LogP contribution in [0.3, 0.4) is 0 Å². The largest absolute Gasteiger partial charge is 0.496 e. The Morgan fingerprint density at radius 1 is 1.00 bits per heavy atom. The first-order valence-electron chi connectivity index (χ1n) is 10.2. The highest BCUT2D eigenvalue weighted by molar-refractivity contribution is 5.74. The highest BCUT2D eigenvalue weighted by Gasteiger charge is 2.37. The van der Waals surface area contributed by atoms with E-state index < -0.39 is 29.8 Å². The van der Waals surface area contributed by atoms with Crippen LogP contribution < -0.4 is 14.2 Å². The van der Waals surface area contributed by atoms with Crippen LogP contribution >= 0.6 is 0 Å². The van der Waals surface area contributed by atoms with E-state index in [2.05, 4.69) is 0 Å². The smallest absolute Gasteiger partial charge is 0.416 e. The van der Waals surface area contributed by atoms with E-state index in [0.29, 0.717) is 41.3 Å². The summed E-state index contributed by atoms with van der Waals surface area (Å²) in [7, 11) is 4.43. The van der Waals surface area contributed by atoms with E-state index in [0.717, 1.165) is 25.0 Å². The van der Waals surface area contributed by atoms with Gasteiger partial charge in [0.2, 0.25) is 0 Å². The van der Waals surface area contributed by atoms with Crippen LogP contribution in [0.4, 0.5) is 13.2 Å². The number of piperidine rings is 1. The van der Waals surface area contributed by atoms with Crippen molar-refractivity contribution in [3.8, 4) is 17.2 Å². The van der Waals surface area contributed by atoms with Crippen LogP contribution in [0.1, 0.15) is 42.0 Å². The molecule has 0 amide bonds. The Labute approximate surface area is 184 Å². The Morgan fingerprint density at radius 2 is 1.59 bits per heavy atom. The third kappa shape index (κ3) is 4.77. The molecule has 2 atom stereocenters. The van der Waals surface area contributed by atoms with Crippen molar-refractivity contribution in [3.05, 3.63) is 53.1 Å². The Kier molecular flexibility index (Phi) is 7.18. The molecule has 0 aliphatic carbocycles. The fourth-order valence-electron chi connectivity index (χ4n) is 4.20. The van der Waals surface area contributed by atoms with Crippen LogP contribution in [0, 0.1) is 0 Å². The third-order valence-corrected chi connectivity index (χ3v) is 5.75. The lowest BCUT2D eigenvalue weighted by Crippen LogP contribution is -2.46. The number of carboxylic acids is 1. The highest BCUT2D eigenvalue weighted by atomic mass is 19.4. The highest BCUT2D eigenvalue weighted by Crippen LogP contribution is 2.44. The minimum absolute atomic E-state index is 0.407. The summed E-state index contributed by atoms with van der Waals surface area (Å²) in [5, 5.41) is 9.85. The van der Waals surface area contributed by atoms with E-state index in [1.54, 1.807) is 17.0 Å². The van der Waals surface area contributed by atoms with Gasteiger partial charge in [0.05, 0.1) is 32.9 Å². The van der Waals surface area contributed by atoms with Gasteiger partial charge in [-0.15, -0.1) is 0 Å². The zero-order valence-electron chi connectivity index (χ0n) is 18.1. The van der Waals surface area contributed by atoms with Gasteiger partial charge in [0, 0.05) is 11.6 Å². The summed E-state index contributed by atoms with van der Waals surface area (Å²) < 4.78 is 55.7. The number of hydrogen-bond acceptors (Lipinski definition) is 5. The van der Waals surface area contributed by atoms with Crippen LogP contribution in [0.2, 0.25) is 0 Å². The summed E-state index contributed by atoms with van der Waals surface area (Å²) in [5.74, 6) is 0.278. The average Bonchev–Trinajstić information content (AvgIpc) is 2.78. The summed E-state index contributed by atoms with van der Waals surface area (Å²) in [6, 6.07) is 6.67. The molecular weight excluding hydrogens is 427 g/mol. The SMILES string of the molecule is COc1cc(OC)c(C(c2ccc(C(F)(F)F)cc2)N2CCCCC2C(=O)O)cc1OC. The van der Waals surface area contributed by atoms with Crippen LogP contribution in [-0.2, 0) is 11.0 Å². The number of benzene rings is 2. The van der Waals surface area contributed by atoms with E-state index >= 15 is 0 Å². The van der Waals surface area contributed by atoms with Gasteiger partial charge in [-0.3, -0.25) is 9.69 Å². The van der Waals surface area contributed by atoms with Crippen molar-refractivity contribution < 1.29 is 37.3 Å². The predicted molar refractivity (Wildman–Crippen MR) is 111 cm³/mol. The molecule has 2 unspecified atom stereocenters. The molecule has 6 nitrogen and oxygen atoms in total. The predicted octanol–water partition coefficient (Wildman–Crippen LogP) is 4.76. The van der Waals surface area contributed by atoms with Gasteiger partial charge < -0.3 is 19.3 Å². The second-order valence-electron chi connectivity index (χ2n) is 7.56. The molecule has 0 aromatic heterocycles. The molecule has 0 radical (unpaired) electrons. The van der Waals surface area contributed by atoms with Gasteiger partial charge in [0.15, 0.2) is 11.5 Å². The molecule has 1 N–H and O–H groups in total. The molecule has 2 aromatic carbocycles. The Balaban J connectivity index is 2.20. The molecule has 1 fully saturated rings. The summed E-state index contributed by atoms with van der Waals surface area (Å²) in [4.78, 5) is 13.8. The molecule has 1 saturated heterocycles. The number of hydrogen-bond donors (Lipinski definition) is 1. The second kappa shape index (κ2) is 9.68. The number of halogens is 3. The number of nitrogens with zero attached hydrogens (tertiary/aromatic N) is 1. The maximum atomic E-state index is 13.1.